The van der Waals surface area contributed by atoms with Gasteiger partial charge in [0, 0.05) is 17.9 Å². The lowest BCUT2D eigenvalue weighted by atomic mass is 10.0. The Hall–Kier alpha value is -3.39. The van der Waals surface area contributed by atoms with E-state index >= 15 is 0 Å². The molecule has 5 nitrogen and oxygen atoms in total. The smallest absolute Gasteiger partial charge is 0.223 e. The van der Waals surface area contributed by atoms with Crippen LogP contribution in [0.4, 0.5) is 5.95 Å². The van der Waals surface area contributed by atoms with Crippen molar-refractivity contribution < 1.29 is 0 Å². The fraction of sp³-hybridized carbons (Fsp3) is 0.261. The number of hydrogen-bond donors (Lipinski definition) is 2. The largest absolute Gasteiger partial charge is 0.354 e. The van der Waals surface area contributed by atoms with Crippen LogP contribution in [0, 0.1) is 18.3 Å². The second-order valence-corrected chi connectivity index (χ2v) is 7.18. The first-order valence-electron chi connectivity index (χ1n) is 9.70. The zero-order valence-corrected chi connectivity index (χ0v) is 15.9. The average Bonchev–Trinajstić information content (AvgIpc) is 3.25. The third kappa shape index (κ3) is 3.81. The highest BCUT2D eigenvalue weighted by atomic mass is 15.1. The molecule has 4 rings (SSSR count). The summed E-state index contributed by atoms with van der Waals surface area (Å²) in [5.41, 5.74) is 4.85. The first-order chi connectivity index (χ1) is 13.7. The lowest BCUT2D eigenvalue weighted by molar-refractivity contribution is 0.743. The van der Waals surface area contributed by atoms with Crippen molar-refractivity contribution in [3.63, 3.8) is 0 Å². The van der Waals surface area contributed by atoms with Crippen molar-refractivity contribution in [3.8, 4) is 6.07 Å². The number of rotatable bonds is 4. The first-order valence-corrected chi connectivity index (χ1v) is 9.70. The molecular formula is C23H23N5. The normalized spacial score (nSPS) is 18.2. The molecule has 1 aliphatic carbocycles. The molecule has 140 valence electrons. The van der Waals surface area contributed by atoms with Gasteiger partial charge in [0.2, 0.25) is 5.95 Å². The summed E-state index contributed by atoms with van der Waals surface area (Å²) >= 11 is 0. The number of nitrogens with zero attached hydrogens (tertiary/aromatic N) is 3. The van der Waals surface area contributed by atoms with Crippen LogP contribution in [0.1, 0.15) is 42.5 Å². The van der Waals surface area contributed by atoms with E-state index in [2.05, 4.69) is 26.7 Å². The van der Waals surface area contributed by atoms with Crippen molar-refractivity contribution >= 4 is 17.2 Å². The molecule has 1 fully saturated rings. The van der Waals surface area contributed by atoms with Crippen LogP contribution in [0.5, 0.6) is 0 Å². The highest BCUT2D eigenvalue weighted by Gasteiger charge is 2.19. The molecule has 2 aliphatic rings. The number of aromatic nitrogens is 2. The number of anilines is 1. The molecule has 2 aromatic rings. The number of allylic oxidation sites excluding steroid dienone is 4. The van der Waals surface area contributed by atoms with E-state index in [-0.39, 0.29) is 0 Å². The van der Waals surface area contributed by atoms with E-state index in [1.165, 1.54) is 12.8 Å². The van der Waals surface area contributed by atoms with Crippen molar-refractivity contribution in [1.29, 1.82) is 5.26 Å². The number of hydrogen-bond acceptors (Lipinski definition) is 5. The van der Waals surface area contributed by atoms with Crippen molar-refractivity contribution in [2.75, 3.05) is 5.32 Å². The van der Waals surface area contributed by atoms with Gasteiger partial charge in [0.05, 0.1) is 11.4 Å². The third-order valence-corrected chi connectivity index (χ3v) is 5.16. The van der Waals surface area contributed by atoms with Crippen LogP contribution in [0.15, 0.2) is 60.5 Å². The van der Waals surface area contributed by atoms with Gasteiger partial charge in [-0.05, 0) is 43.0 Å². The maximum atomic E-state index is 9.91. The first kappa shape index (κ1) is 18.0. The maximum absolute atomic E-state index is 9.91. The van der Waals surface area contributed by atoms with E-state index in [0.717, 1.165) is 35.4 Å². The molecule has 1 aromatic heterocycles. The molecule has 0 bridgehead atoms. The molecule has 0 atom stereocenters. The molecule has 1 aliphatic heterocycles. The molecule has 0 unspecified atom stereocenters. The Kier molecular flexibility index (Phi) is 5.20. The minimum Gasteiger partial charge on any atom is -0.354 e. The van der Waals surface area contributed by atoms with Crippen LogP contribution in [0.2, 0.25) is 0 Å². The van der Waals surface area contributed by atoms with Crippen LogP contribution in [0.25, 0.3) is 11.3 Å². The standard InChI is InChI=1S/C23H23N5/c1-16-15-25-23(26-18-10-5-6-11-18)28-22(16)19(14-24)21-13-7-12-20(27-21)17-8-3-2-4-9-17/h2-4,7-9,12-13,15,18,27H,5-6,10-11H2,1H3,(H,25,26,28). The van der Waals surface area contributed by atoms with Crippen LogP contribution in [-0.4, -0.2) is 16.0 Å². The van der Waals surface area contributed by atoms with Crippen molar-refractivity contribution in [1.82, 2.24) is 15.3 Å². The van der Waals surface area contributed by atoms with Crippen LogP contribution < -0.4 is 10.6 Å². The summed E-state index contributed by atoms with van der Waals surface area (Å²) < 4.78 is 0. The Morgan fingerprint density at radius 2 is 2.00 bits per heavy atom. The van der Waals surface area contributed by atoms with Gasteiger partial charge in [-0.3, -0.25) is 0 Å². The van der Waals surface area contributed by atoms with Gasteiger partial charge in [0.15, 0.2) is 0 Å². The third-order valence-electron chi connectivity index (χ3n) is 5.16. The highest BCUT2D eigenvalue weighted by Crippen LogP contribution is 2.26. The van der Waals surface area contributed by atoms with E-state index in [1.807, 2.05) is 55.5 Å². The maximum Gasteiger partial charge on any atom is 0.223 e. The van der Waals surface area contributed by atoms with E-state index in [4.69, 9.17) is 0 Å². The van der Waals surface area contributed by atoms with Gasteiger partial charge in [-0.15, -0.1) is 0 Å². The SMILES string of the molecule is Cc1cnc(NC2CCCC2)nc1C(C#N)=C1C=CC=C(c2ccccc2)N1. The van der Waals surface area contributed by atoms with Crippen LogP contribution in [-0.2, 0) is 0 Å². The number of nitriles is 1. The predicted molar refractivity (Wildman–Crippen MR) is 112 cm³/mol. The van der Waals surface area contributed by atoms with E-state index < -0.39 is 0 Å². The molecule has 1 aromatic carbocycles. The Bertz CT molecular complexity index is 989. The Morgan fingerprint density at radius 1 is 1.21 bits per heavy atom. The van der Waals surface area contributed by atoms with Gasteiger partial charge in [-0.2, -0.15) is 5.26 Å². The van der Waals surface area contributed by atoms with Crippen molar-refractivity contribution in [2.24, 2.45) is 0 Å². The molecule has 1 saturated carbocycles. The molecule has 0 amide bonds. The number of nitrogens with one attached hydrogen (secondary N) is 2. The van der Waals surface area contributed by atoms with Gasteiger partial charge >= 0.3 is 0 Å². The quantitative estimate of drug-likeness (QED) is 0.772. The summed E-state index contributed by atoms with van der Waals surface area (Å²) in [4.78, 5) is 9.11. The van der Waals surface area contributed by atoms with Gasteiger partial charge in [0.1, 0.15) is 11.6 Å². The fourth-order valence-corrected chi connectivity index (χ4v) is 3.66. The van der Waals surface area contributed by atoms with Crippen molar-refractivity contribution in [3.05, 3.63) is 77.3 Å². The van der Waals surface area contributed by atoms with Gasteiger partial charge in [-0.1, -0.05) is 49.2 Å². The summed E-state index contributed by atoms with van der Waals surface area (Å²) in [5, 5.41) is 16.7. The second-order valence-electron chi connectivity index (χ2n) is 7.18. The van der Waals surface area contributed by atoms with E-state index in [0.29, 0.717) is 23.3 Å². The molecule has 0 radical (unpaired) electrons. The summed E-state index contributed by atoms with van der Waals surface area (Å²) in [7, 11) is 0. The average molecular weight is 369 g/mol. The zero-order valence-electron chi connectivity index (χ0n) is 15.9. The minimum atomic E-state index is 0.425. The lowest BCUT2D eigenvalue weighted by Gasteiger charge is -2.18. The molecule has 0 spiro atoms. The fourth-order valence-electron chi connectivity index (χ4n) is 3.66. The summed E-state index contributed by atoms with van der Waals surface area (Å²) in [6, 6.07) is 12.8. The lowest BCUT2D eigenvalue weighted by Crippen LogP contribution is -2.18. The predicted octanol–water partition coefficient (Wildman–Crippen LogP) is 4.57. The molecule has 28 heavy (non-hydrogen) atoms. The number of dihydropyridines is 1. The Morgan fingerprint density at radius 3 is 2.75 bits per heavy atom. The summed E-state index contributed by atoms with van der Waals surface area (Å²) in [6.45, 7) is 1.94. The number of benzene rings is 1. The second kappa shape index (κ2) is 8.10. The summed E-state index contributed by atoms with van der Waals surface area (Å²) in [6.07, 6.45) is 12.4. The van der Waals surface area contributed by atoms with Crippen LogP contribution in [0.3, 0.4) is 0 Å². The monoisotopic (exact) mass is 369 g/mol. The molecule has 2 heterocycles. The summed E-state index contributed by atoms with van der Waals surface area (Å²) in [5.74, 6) is 0.597. The van der Waals surface area contributed by atoms with Gasteiger partial charge in [0.25, 0.3) is 0 Å². The molecule has 2 N–H and O–H groups in total. The Balaban J connectivity index is 1.66. The highest BCUT2D eigenvalue weighted by molar-refractivity contribution is 5.84. The van der Waals surface area contributed by atoms with Gasteiger partial charge in [-0.25, -0.2) is 9.97 Å². The van der Waals surface area contributed by atoms with Crippen molar-refractivity contribution in [2.45, 2.75) is 38.6 Å². The van der Waals surface area contributed by atoms with E-state index in [1.54, 1.807) is 6.20 Å². The zero-order chi connectivity index (χ0) is 19.3. The van der Waals surface area contributed by atoms with Crippen LogP contribution >= 0.6 is 0 Å². The minimum absolute atomic E-state index is 0.425. The van der Waals surface area contributed by atoms with Gasteiger partial charge < -0.3 is 10.6 Å². The number of aryl methyl sites for hydroxylation is 1. The molecular weight excluding hydrogens is 346 g/mol. The Labute approximate surface area is 165 Å². The molecule has 5 heteroatoms. The molecule has 0 saturated heterocycles. The topological polar surface area (TPSA) is 73.6 Å². The van der Waals surface area contributed by atoms with E-state index in [9.17, 15) is 5.26 Å².